The van der Waals surface area contributed by atoms with Crippen LogP contribution in [0.4, 0.5) is 0 Å². The van der Waals surface area contributed by atoms with Gasteiger partial charge in [-0.1, -0.05) is 39.0 Å². The van der Waals surface area contributed by atoms with E-state index in [0.29, 0.717) is 5.38 Å². The maximum atomic E-state index is 6.01. The molecule has 2 heteroatoms. The van der Waals surface area contributed by atoms with Crippen molar-refractivity contribution in [2.45, 2.75) is 57.2 Å². The van der Waals surface area contributed by atoms with Crippen LogP contribution >= 0.6 is 11.6 Å². The highest BCUT2D eigenvalue weighted by atomic mass is 35.5. The number of hydrogen-bond donors (Lipinski definition) is 1. The fourth-order valence-electron chi connectivity index (χ4n) is 1.29. The van der Waals surface area contributed by atoms with Gasteiger partial charge in [-0.25, -0.2) is 0 Å². The van der Waals surface area contributed by atoms with E-state index < -0.39 is 0 Å². The largest absolute Gasteiger partial charge is 0.330 e. The average Bonchev–Trinajstić information content (AvgIpc) is 2.05. The number of nitrogens with two attached hydrogens (primary N) is 1. The lowest BCUT2D eigenvalue weighted by Gasteiger charge is -2.06. The van der Waals surface area contributed by atoms with E-state index in [1.54, 1.807) is 0 Å². The molecule has 0 bridgehead atoms. The summed E-state index contributed by atoms with van der Waals surface area (Å²) >= 11 is 6.01. The summed E-state index contributed by atoms with van der Waals surface area (Å²) in [6, 6.07) is 0. The summed E-state index contributed by atoms with van der Waals surface area (Å²) < 4.78 is 0. The van der Waals surface area contributed by atoms with Gasteiger partial charge in [0.05, 0.1) is 0 Å². The van der Waals surface area contributed by atoms with E-state index in [4.69, 9.17) is 17.3 Å². The van der Waals surface area contributed by atoms with Gasteiger partial charge in [0.1, 0.15) is 0 Å². The normalized spacial score (nSPS) is 13.2. The van der Waals surface area contributed by atoms with Gasteiger partial charge in [-0.3, -0.25) is 0 Å². The van der Waals surface area contributed by atoms with E-state index in [1.807, 2.05) is 0 Å². The predicted molar refractivity (Wildman–Crippen MR) is 56.7 cm³/mol. The first-order valence-corrected chi connectivity index (χ1v) is 5.59. The first-order valence-electron chi connectivity index (χ1n) is 5.15. The monoisotopic (exact) mass is 191 g/mol. The van der Waals surface area contributed by atoms with Gasteiger partial charge in [-0.2, -0.15) is 0 Å². The smallest absolute Gasteiger partial charge is 0.0348 e. The van der Waals surface area contributed by atoms with Crippen LogP contribution < -0.4 is 5.73 Å². The molecule has 0 fully saturated rings. The van der Waals surface area contributed by atoms with Gasteiger partial charge in [0.25, 0.3) is 0 Å². The first-order chi connectivity index (χ1) is 5.81. The van der Waals surface area contributed by atoms with Gasteiger partial charge in [0, 0.05) is 5.38 Å². The molecule has 0 radical (unpaired) electrons. The number of unbranched alkanes of at least 4 members (excludes halogenated alkanes) is 4. The number of hydrogen-bond acceptors (Lipinski definition) is 1. The Morgan fingerprint density at radius 3 is 2.33 bits per heavy atom. The number of halogens is 1. The summed E-state index contributed by atoms with van der Waals surface area (Å²) in [7, 11) is 0. The fourth-order valence-corrected chi connectivity index (χ4v) is 1.57. The minimum atomic E-state index is 0.316. The Morgan fingerprint density at radius 1 is 1.08 bits per heavy atom. The third-order valence-corrected chi connectivity index (χ3v) is 2.54. The molecule has 2 N–H and O–H groups in total. The minimum absolute atomic E-state index is 0.316. The molecule has 1 nitrogen and oxygen atoms in total. The molecule has 0 saturated heterocycles. The van der Waals surface area contributed by atoms with Gasteiger partial charge in [0.15, 0.2) is 0 Å². The summed E-state index contributed by atoms with van der Waals surface area (Å²) in [6.07, 6.45) is 8.76. The lowest BCUT2D eigenvalue weighted by molar-refractivity contribution is 0.582. The van der Waals surface area contributed by atoms with Crippen molar-refractivity contribution >= 4 is 11.6 Å². The van der Waals surface area contributed by atoms with Crippen LogP contribution in [-0.4, -0.2) is 11.9 Å². The Labute approximate surface area is 81.7 Å². The predicted octanol–water partition coefficient (Wildman–Crippen LogP) is 3.30. The molecule has 0 aliphatic heterocycles. The molecule has 0 aromatic rings. The van der Waals surface area contributed by atoms with Crippen LogP contribution in [0.3, 0.4) is 0 Å². The van der Waals surface area contributed by atoms with Crippen LogP contribution in [0.15, 0.2) is 0 Å². The second-order valence-electron chi connectivity index (χ2n) is 3.38. The van der Waals surface area contributed by atoms with Crippen LogP contribution in [0.2, 0.25) is 0 Å². The zero-order valence-corrected chi connectivity index (χ0v) is 8.95. The van der Waals surface area contributed by atoms with Crippen LogP contribution in [-0.2, 0) is 0 Å². The molecule has 0 aromatic carbocycles. The van der Waals surface area contributed by atoms with Crippen molar-refractivity contribution in [1.29, 1.82) is 0 Å². The zero-order chi connectivity index (χ0) is 9.23. The summed E-state index contributed by atoms with van der Waals surface area (Å²) in [6.45, 7) is 2.96. The van der Waals surface area contributed by atoms with Crippen molar-refractivity contribution in [3.63, 3.8) is 0 Å². The van der Waals surface area contributed by atoms with Gasteiger partial charge in [0.2, 0.25) is 0 Å². The zero-order valence-electron chi connectivity index (χ0n) is 8.19. The van der Waals surface area contributed by atoms with Crippen molar-refractivity contribution in [3.05, 3.63) is 0 Å². The molecule has 0 aliphatic rings. The molecule has 0 amide bonds. The Kier molecular flexibility index (Phi) is 9.53. The molecule has 0 rings (SSSR count). The quantitative estimate of drug-likeness (QED) is 0.463. The highest BCUT2D eigenvalue weighted by Gasteiger charge is 2.01. The van der Waals surface area contributed by atoms with E-state index in [2.05, 4.69) is 6.92 Å². The summed E-state index contributed by atoms with van der Waals surface area (Å²) in [5.41, 5.74) is 5.40. The lowest BCUT2D eigenvalue weighted by atomic mass is 10.1. The van der Waals surface area contributed by atoms with E-state index >= 15 is 0 Å². The number of rotatable bonds is 8. The Bertz CT molecular complexity index is 85.9. The van der Waals surface area contributed by atoms with Gasteiger partial charge < -0.3 is 5.73 Å². The van der Waals surface area contributed by atoms with Gasteiger partial charge in [-0.15, -0.1) is 11.6 Å². The van der Waals surface area contributed by atoms with Crippen LogP contribution in [0.25, 0.3) is 0 Å². The Balaban J connectivity index is 2.97. The maximum Gasteiger partial charge on any atom is 0.0348 e. The molecule has 0 aromatic heterocycles. The topological polar surface area (TPSA) is 26.0 Å². The molecule has 0 spiro atoms. The number of alkyl halides is 1. The van der Waals surface area contributed by atoms with Gasteiger partial charge in [-0.05, 0) is 19.4 Å². The highest BCUT2D eigenvalue weighted by Crippen LogP contribution is 2.12. The van der Waals surface area contributed by atoms with Crippen LogP contribution in [0, 0.1) is 0 Å². The average molecular weight is 192 g/mol. The highest BCUT2D eigenvalue weighted by molar-refractivity contribution is 6.20. The van der Waals surface area contributed by atoms with Crippen molar-refractivity contribution in [3.8, 4) is 0 Å². The maximum absolute atomic E-state index is 6.01. The van der Waals surface area contributed by atoms with E-state index in [1.165, 1.54) is 32.1 Å². The second-order valence-corrected chi connectivity index (χ2v) is 3.99. The molecule has 1 unspecified atom stereocenters. The molecule has 74 valence electrons. The van der Waals surface area contributed by atoms with E-state index in [0.717, 1.165) is 19.4 Å². The molecular formula is C10H22ClN. The van der Waals surface area contributed by atoms with Crippen molar-refractivity contribution in [2.24, 2.45) is 5.73 Å². The summed E-state index contributed by atoms with van der Waals surface area (Å²) in [4.78, 5) is 0. The second kappa shape index (κ2) is 9.34. The minimum Gasteiger partial charge on any atom is -0.330 e. The molecule has 1 atom stereocenters. The molecule has 0 heterocycles. The summed E-state index contributed by atoms with van der Waals surface area (Å²) in [5.74, 6) is 0. The van der Waals surface area contributed by atoms with Crippen molar-refractivity contribution < 1.29 is 0 Å². The third-order valence-electron chi connectivity index (χ3n) is 2.10. The van der Waals surface area contributed by atoms with Crippen LogP contribution in [0.5, 0.6) is 0 Å². The first kappa shape index (κ1) is 12.2. The SMILES string of the molecule is CCCCCCCC(Cl)CCN. The summed E-state index contributed by atoms with van der Waals surface area (Å²) in [5, 5.41) is 0.316. The van der Waals surface area contributed by atoms with Gasteiger partial charge >= 0.3 is 0 Å². The third kappa shape index (κ3) is 8.35. The van der Waals surface area contributed by atoms with Crippen molar-refractivity contribution in [2.75, 3.05) is 6.54 Å². The lowest BCUT2D eigenvalue weighted by Crippen LogP contribution is -2.07. The van der Waals surface area contributed by atoms with Crippen LogP contribution in [0.1, 0.15) is 51.9 Å². The van der Waals surface area contributed by atoms with E-state index in [-0.39, 0.29) is 0 Å². The molecule has 0 aliphatic carbocycles. The standard InChI is InChI=1S/C10H22ClN/c1-2-3-4-5-6-7-10(11)8-9-12/h10H,2-9,12H2,1H3. The van der Waals surface area contributed by atoms with E-state index in [9.17, 15) is 0 Å². The molecule has 0 saturated carbocycles. The fraction of sp³-hybridized carbons (Fsp3) is 1.00. The molecule has 12 heavy (non-hydrogen) atoms. The van der Waals surface area contributed by atoms with Crippen molar-refractivity contribution in [1.82, 2.24) is 0 Å². The Hall–Kier alpha value is 0.250. The molecular weight excluding hydrogens is 170 g/mol. The Morgan fingerprint density at radius 2 is 1.75 bits per heavy atom.